The summed E-state index contributed by atoms with van der Waals surface area (Å²) in [6.07, 6.45) is 1.95. The molecular weight excluding hydrogens is 228 g/mol. The zero-order valence-corrected chi connectivity index (χ0v) is 12.0. The summed E-state index contributed by atoms with van der Waals surface area (Å²) in [5.41, 5.74) is -0.220. The molecule has 0 aromatic carbocycles. The highest BCUT2D eigenvalue weighted by Crippen LogP contribution is 2.62. The van der Waals surface area contributed by atoms with Gasteiger partial charge in [-0.25, -0.2) is 0 Å². The molecule has 2 aliphatic rings. The zero-order chi connectivity index (χ0) is 13.7. The van der Waals surface area contributed by atoms with Crippen LogP contribution in [0.1, 0.15) is 47.5 Å². The summed E-state index contributed by atoms with van der Waals surface area (Å²) >= 11 is 0. The topological polar surface area (TPSA) is 58.2 Å². The summed E-state index contributed by atoms with van der Waals surface area (Å²) in [5, 5.41) is 6.03. The van der Waals surface area contributed by atoms with E-state index >= 15 is 0 Å². The SMILES string of the molecule is CC(=O)NC1(NC(C)=O)CC2CC1C(C)C2(C)C. The van der Waals surface area contributed by atoms with Gasteiger partial charge in [0, 0.05) is 19.8 Å². The first kappa shape index (κ1) is 13.4. The van der Waals surface area contributed by atoms with Gasteiger partial charge in [-0.1, -0.05) is 20.8 Å². The van der Waals surface area contributed by atoms with Crippen LogP contribution in [0.2, 0.25) is 0 Å². The molecule has 0 heterocycles. The molecule has 4 nitrogen and oxygen atoms in total. The van der Waals surface area contributed by atoms with E-state index in [0.29, 0.717) is 23.2 Å². The molecule has 2 bridgehead atoms. The van der Waals surface area contributed by atoms with Crippen LogP contribution >= 0.6 is 0 Å². The fraction of sp³-hybridized carbons (Fsp3) is 0.857. The minimum absolute atomic E-state index is 0.0682. The molecule has 4 heteroatoms. The highest BCUT2D eigenvalue weighted by molar-refractivity contribution is 5.77. The monoisotopic (exact) mass is 252 g/mol. The average Bonchev–Trinajstić information content (AvgIpc) is 2.62. The number of nitrogens with one attached hydrogen (secondary N) is 2. The van der Waals surface area contributed by atoms with Gasteiger partial charge in [0.1, 0.15) is 5.66 Å². The molecule has 2 rings (SSSR count). The van der Waals surface area contributed by atoms with E-state index in [9.17, 15) is 9.59 Å². The third kappa shape index (κ3) is 1.82. The second kappa shape index (κ2) is 3.97. The van der Waals surface area contributed by atoms with Crippen LogP contribution in [0.5, 0.6) is 0 Å². The third-order valence-corrected chi connectivity index (χ3v) is 5.37. The summed E-state index contributed by atoms with van der Waals surface area (Å²) in [6.45, 7) is 9.88. The van der Waals surface area contributed by atoms with Crippen LogP contribution in [0.15, 0.2) is 0 Å². The average molecular weight is 252 g/mol. The lowest BCUT2D eigenvalue weighted by Crippen LogP contribution is -2.65. The van der Waals surface area contributed by atoms with Crippen molar-refractivity contribution < 1.29 is 9.59 Å². The maximum atomic E-state index is 11.5. The summed E-state index contributed by atoms with van der Waals surface area (Å²) in [7, 11) is 0. The molecule has 3 unspecified atom stereocenters. The lowest BCUT2D eigenvalue weighted by Gasteiger charge is -2.47. The number of rotatable bonds is 2. The smallest absolute Gasteiger partial charge is 0.218 e. The van der Waals surface area contributed by atoms with Crippen LogP contribution in [-0.4, -0.2) is 17.5 Å². The maximum absolute atomic E-state index is 11.5. The van der Waals surface area contributed by atoms with Crippen molar-refractivity contribution >= 4 is 11.8 Å². The standard InChI is InChI=1S/C14H24N2O2/c1-8-12-6-11(13(8,4)5)7-14(12,15-9(2)17)16-10(3)18/h8,11-12H,6-7H2,1-5H3,(H,15,17)(H,16,18). The van der Waals surface area contributed by atoms with E-state index in [1.54, 1.807) is 0 Å². The molecule has 2 fully saturated rings. The Morgan fingerprint density at radius 3 is 1.94 bits per heavy atom. The number of fused-ring (bicyclic) bond motifs is 2. The summed E-state index contributed by atoms with van der Waals surface area (Å²) in [6, 6.07) is 0. The molecule has 2 N–H and O–H groups in total. The van der Waals surface area contributed by atoms with Crippen molar-refractivity contribution in [3.8, 4) is 0 Å². The van der Waals surface area contributed by atoms with Crippen molar-refractivity contribution in [1.29, 1.82) is 0 Å². The van der Waals surface area contributed by atoms with Gasteiger partial charge in [-0.2, -0.15) is 0 Å². The van der Waals surface area contributed by atoms with Gasteiger partial charge in [0.25, 0.3) is 0 Å². The number of amides is 2. The molecule has 3 atom stereocenters. The second-order valence-electron chi connectivity index (χ2n) is 6.69. The first-order valence-electron chi connectivity index (χ1n) is 6.76. The van der Waals surface area contributed by atoms with E-state index in [4.69, 9.17) is 0 Å². The quantitative estimate of drug-likeness (QED) is 0.734. The van der Waals surface area contributed by atoms with E-state index in [0.717, 1.165) is 12.8 Å². The van der Waals surface area contributed by atoms with Crippen molar-refractivity contribution in [3.05, 3.63) is 0 Å². The van der Waals surface area contributed by atoms with Crippen LogP contribution in [0.25, 0.3) is 0 Å². The summed E-state index contributed by atoms with van der Waals surface area (Å²) in [5.74, 6) is 1.26. The second-order valence-corrected chi connectivity index (χ2v) is 6.69. The van der Waals surface area contributed by atoms with Gasteiger partial charge in [-0.3, -0.25) is 9.59 Å². The Labute approximate surface area is 109 Å². The minimum atomic E-state index is -0.517. The van der Waals surface area contributed by atoms with Crippen LogP contribution in [0, 0.1) is 23.2 Å². The van der Waals surface area contributed by atoms with Crippen molar-refractivity contribution in [3.63, 3.8) is 0 Å². The van der Waals surface area contributed by atoms with Gasteiger partial charge in [0.05, 0.1) is 0 Å². The third-order valence-electron chi connectivity index (χ3n) is 5.37. The van der Waals surface area contributed by atoms with E-state index in [-0.39, 0.29) is 11.8 Å². The van der Waals surface area contributed by atoms with Crippen molar-refractivity contribution in [2.24, 2.45) is 23.2 Å². The van der Waals surface area contributed by atoms with Crippen LogP contribution < -0.4 is 10.6 Å². The van der Waals surface area contributed by atoms with Crippen LogP contribution in [-0.2, 0) is 9.59 Å². The van der Waals surface area contributed by atoms with Gasteiger partial charge in [-0.15, -0.1) is 0 Å². The highest BCUT2D eigenvalue weighted by Gasteiger charge is 2.62. The van der Waals surface area contributed by atoms with E-state index < -0.39 is 5.66 Å². The Kier molecular flexibility index (Phi) is 2.95. The molecule has 0 aromatic rings. The lowest BCUT2D eigenvalue weighted by atomic mass is 9.66. The Morgan fingerprint density at radius 2 is 1.61 bits per heavy atom. The molecule has 0 saturated heterocycles. The molecule has 0 radical (unpaired) electrons. The van der Waals surface area contributed by atoms with Crippen molar-refractivity contribution in [1.82, 2.24) is 10.6 Å². The van der Waals surface area contributed by atoms with E-state index in [2.05, 4.69) is 31.4 Å². The molecule has 0 spiro atoms. The summed E-state index contributed by atoms with van der Waals surface area (Å²) in [4.78, 5) is 22.9. The largest absolute Gasteiger partial charge is 0.333 e. The zero-order valence-electron chi connectivity index (χ0n) is 12.0. The molecular formula is C14H24N2O2. The molecule has 2 saturated carbocycles. The lowest BCUT2D eigenvalue weighted by molar-refractivity contribution is -0.128. The number of hydrogen-bond acceptors (Lipinski definition) is 2. The predicted molar refractivity (Wildman–Crippen MR) is 69.5 cm³/mol. The van der Waals surface area contributed by atoms with Gasteiger partial charge < -0.3 is 10.6 Å². The Hall–Kier alpha value is -1.06. The maximum Gasteiger partial charge on any atom is 0.218 e. The van der Waals surface area contributed by atoms with Crippen molar-refractivity contribution in [2.75, 3.05) is 0 Å². The van der Waals surface area contributed by atoms with Gasteiger partial charge in [-0.05, 0) is 30.1 Å². The Bertz CT molecular complexity index is 369. The number of carbonyl (C=O) groups excluding carboxylic acids is 2. The fourth-order valence-electron chi connectivity index (χ4n) is 4.17. The van der Waals surface area contributed by atoms with E-state index in [1.165, 1.54) is 13.8 Å². The van der Waals surface area contributed by atoms with Gasteiger partial charge in [0.2, 0.25) is 11.8 Å². The van der Waals surface area contributed by atoms with Crippen LogP contribution in [0.4, 0.5) is 0 Å². The number of carbonyl (C=O) groups is 2. The number of hydrogen-bond donors (Lipinski definition) is 2. The van der Waals surface area contributed by atoms with Crippen LogP contribution in [0.3, 0.4) is 0 Å². The molecule has 2 aliphatic carbocycles. The normalized spacial score (nSPS) is 35.3. The van der Waals surface area contributed by atoms with Gasteiger partial charge in [0.15, 0.2) is 0 Å². The molecule has 2 amide bonds. The Morgan fingerprint density at radius 1 is 1.11 bits per heavy atom. The van der Waals surface area contributed by atoms with E-state index in [1.807, 2.05) is 0 Å². The first-order chi connectivity index (χ1) is 8.19. The first-order valence-corrected chi connectivity index (χ1v) is 6.76. The van der Waals surface area contributed by atoms with Crippen molar-refractivity contribution in [2.45, 2.75) is 53.1 Å². The molecule has 0 aromatic heterocycles. The highest BCUT2D eigenvalue weighted by atomic mass is 16.2. The minimum Gasteiger partial charge on any atom is -0.333 e. The summed E-state index contributed by atoms with van der Waals surface area (Å²) < 4.78 is 0. The molecule has 102 valence electrons. The Balaban J connectivity index is 2.30. The van der Waals surface area contributed by atoms with Gasteiger partial charge >= 0.3 is 0 Å². The molecule has 18 heavy (non-hydrogen) atoms. The fourth-order valence-corrected chi connectivity index (χ4v) is 4.17. The molecule has 0 aliphatic heterocycles. The predicted octanol–water partition coefficient (Wildman–Crippen LogP) is 1.66.